The molecule has 3 aliphatic rings. The lowest BCUT2D eigenvalue weighted by atomic mass is 9.66. The second-order valence-electron chi connectivity index (χ2n) is 39.6. The number of fused-ring (bicyclic) bond motifs is 3. The van der Waals surface area contributed by atoms with Gasteiger partial charge in [0.1, 0.15) is 17.5 Å². The molecule has 3 aliphatic heterocycles. The molecule has 134 heavy (non-hydrogen) atoms. The Bertz CT molecular complexity index is 5380. The Balaban J connectivity index is 1.11. The fraction of sp³-hybridized carbons (Fsp3) is 0.484. The van der Waals surface area contributed by atoms with Crippen LogP contribution in [0.25, 0.3) is 0 Å². The smallest absolute Gasteiger partial charge is 0.481 e. The van der Waals surface area contributed by atoms with Crippen LogP contribution in [0.4, 0.5) is 100 Å². The Morgan fingerprint density at radius 3 is 0.716 bits per heavy atom. The Hall–Kier alpha value is -12.9. The lowest BCUT2D eigenvalue weighted by Gasteiger charge is -2.64. The van der Waals surface area contributed by atoms with Crippen LogP contribution < -0.4 is 103 Å². The Kier molecular flexibility index (Phi) is 26.7. The minimum atomic E-state index is -6.40. The van der Waals surface area contributed by atoms with Crippen LogP contribution in [-0.4, -0.2) is 161 Å². The third-order valence-electron chi connectivity index (χ3n) is 22.9. The molecule has 0 spiro atoms. The number of nitrogens with zero attached hydrogens (tertiary/aromatic N) is 12. The topological polar surface area (TPSA) is 405 Å². The fourth-order valence-electron chi connectivity index (χ4n) is 17.8. The lowest BCUT2D eigenvalue weighted by Crippen LogP contribution is -2.75. The van der Waals surface area contributed by atoms with Gasteiger partial charge in [0, 0.05) is 86.0 Å². The zero-order valence-corrected chi connectivity index (χ0v) is 82.8. The van der Waals surface area contributed by atoms with Crippen LogP contribution in [-0.2, 0) is 32.5 Å². The van der Waals surface area contributed by atoms with Crippen molar-refractivity contribution in [2.45, 2.75) is 200 Å². The third kappa shape index (κ3) is 18.2. The van der Waals surface area contributed by atoms with Gasteiger partial charge in [0.05, 0.1) is 82.6 Å². The Labute approximate surface area is 777 Å². The first kappa shape index (κ1) is 100. The molecule has 0 bridgehead atoms. The van der Waals surface area contributed by atoms with Gasteiger partial charge in [-0.1, -0.05) is 125 Å². The fourth-order valence-corrected chi connectivity index (χ4v) is 20.8. The number of amides is 3. The Morgan fingerprint density at radius 1 is 0.321 bits per heavy atom. The van der Waals surface area contributed by atoms with E-state index >= 15 is 32.1 Å². The molecule has 0 atom stereocenters. The molecule has 6 N–H and O–H groups in total. The average molecular weight is 1880 g/mol. The molecule has 37 nitrogen and oxygen atoms in total. The number of rotatable bonds is 30. The highest BCUT2D eigenvalue weighted by molar-refractivity contribution is 7.48. The molecular formula is C93H120F3N18O19P. The molecule has 12 rings (SSSR count). The first-order chi connectivity index (χ1) is 62.2. The van der Waals surface area contributed by atoms with Gasteiger partial charge < -0.3 is 88.7 Å². The van der Waals surface area contributed by atoms with Crippen LogP contribution in [0.2, 0.25) is 0 Å². The zero-order valence-electron chi connectivity index (χ0n) is 81.9. The molecule has 0 fully saturated rings. The van der Waals surface area contributed by atoms with E-state index in [4.69, 9.17) is 85.4 Å². The number of methoxy groups -OCH3 is 9. The maximum absolute atomic E-state index is 19.9. The predicted molar refractivity (Wildman–Crippen MR) is 499 cm³/mol. The number of phosphoric ester groups is 1. The third-order valence-corrected chi connectivity index (χ3v) is 24.4. The van der Waals surface area contributed by atoms with Crippen LogP contribution >= 0.6 is 7.82 Å². The number of carbonyl (C=O) groups excluding carboxylic acids is 3. The summed E-state index contributed by atoms with van der Waals surface area (Å²) in [6.07, 6.45) is 2.78. The van der Waals surface area contributed by atoms with Crippen LogP contribution in [0.3, 0.4) is 0 Å². The first-order valence-corrected chi connectivity index (χ1v) is 44.2. The highest BCUT2D eigenvalue weighted by atomic mass is 31.2. The van der Waals surface area contributed by atoms with Crippen molar-refractivity contribution < 1.29 is 103 Å². The predicted octanol–water partition coefficient (Wildman–Crippen LogP) is 19.6. The molecule has 6 aromatic heterocycles. The number of carbonyl (C=O) groups is 3. The van der Waals surface area contributed by atoms with Crippen molar-refractivity contribution in [3.8, 4) is 69.0 Å². The molecule has 3 amide bonds. The van der Waals surface area contributed by atoms with Crippen LogP contribution in [0.15, 0.2) is 91.4 Å². The number of hydrogen-bond acceptors (Lipinski definition) is 34. The van der Waals surface area contributed by atoms with Crippen molar-refractivity contribution >= 4 is 113 Å². The molecule has 41 heteroatoms. The largest absolute Gasteiger partial charge is 0.493 e. The van der Waals surface area contributed by atoms with Crippen molar-refractivity contribution in [2.75, 3.05) is 111 Å². The van der Waals surface area contributed by atoms with Gasteiger partial charge in [-0.3, -0.25) is 42.7 Å². The Morgan fingerprint density at radius 2 is 0.530 bits per heavy atom. The van der Waals surface area contributed by atoms with Crippen molar-refractivity contribution in [3.63, 3.8) is 0 Å². The number of anilines is 15. The van der Waals surface area contributed by atoms with Crippen molar-refractivity contribution in [1.82, 2.24) is 44.9 Å². The van der Waals surface area contributed by atoms with Gasteiger partial charge in [0.2, 0.25) is 35.1 Å². The van der Waals surface area contributed by atoms with Gasteiger partial charge in [-0.2, -0.15) is 15.0 Å². The highest BCUT2D eigenvalue weighted by Crippen LogP contribution is 2.73. The van der Waals surface area contributed by atoms with E-state index in [1.54, 1.807) is 161 Å². The van der Waals surface area contributed by atoms with Crippen LogP contribution in [0, 0.1) is 49.9 Å². The molecular weight excluding hydrogens is 1760 g/mol. The van der Waals surface area contributed by atoms with Crippen molar-refractivity contribution in [2.24, 2.45) is 32.5 Å². The lowest BCUT2D eigenvalue weighted by molar-refractivity contribution is -0.208. The average Bonchev–Trinajstić information content (AvgIpc) is 0.675. The quantitative estimate of drug-likeness (QED) is 0.0228. The molecule has 9 aromatic rings. The summed E-state index contributed by atoms with van der Waals surface area (Å²) in [4.78, 5) is 96.2. The summed E-state index contributed by atoms with van der Waals surface area (Å²) in [5, 5.41) is 18.2. The molecule has 0 aliphatic carbocycles. The molecule has 0 unspecified atom stereocenters. The normalized spacial score (nSPS) is 15.2. The van der Waals surface area contributed by atoms with Gasteiger partial charge in [-0.05, 0) is 77.9 Å². The van der Waals surface area contributed by atoms with Gasteiger partial charge in [0.25, 0.3) is 17.7 Å². The number of hydrogen-bond donors (Lipinski definition) is 6. The van der Waals surface area contributed by atoms with Crippen molar-refractivity contribution in [1.29, 1.82) is 0 Å². The van der Waals surface area contributed by atoms with E-state index in [2.05, 4.69) is 61.8 Å². The number of nitrogens with one attached hydrogen (secondary N) is 6. The highest BCUT2D eigenvalue weighted by Gasteiger charge is 2.74. The molecule has 3 aromatic carbocycles. The summed E-state index contributed by atoms with van der Waals surface area (Å²) >= 11 is 0. The SMILES string of the molecule is COc1cc(Nc2ncc(F)c(Nc3ccc4c(n3)N(C(OP(=O)(OC(N3C(=O)C(C)(C)Oc5ccc(Nc6nc(Nc7cc(OC)c(OC)c(OC)c7)ncc6F)nc53)(C(C)(C)C)C(C)(C)C)OC(N3C(=O)C(C)(C)Oc5ccc(Nc6nc(Nc7cc(OC)c(OC)c(OC)c7)ncc6F)nc53)(C(C)(C)C)C(C)(C)C)(C(C)(C)C)C(C)(C)C)C(=O)C(C)(C)O4)n2)cc(OC)c1OC. The van der Waals surface area contributed by atoms with Crippen LogP contribution in [0.5, 0.6) is 69.0 Å². The van der Waals surface area contributed by atoms with E-state index in [-0.39, 0.29) is 104 Å². The number of phosphoric acid groups is 1. The minimum Gasteiger partial charge on any atom is -0.493 e. The van der Waals surface area contributed by atoms with E-state index < -0.39 is 127 Å². The number of ether oxygens (including phenoxy) is 12. The zero-order chi connectivity index (χ0) is 99.1. The summed E-state index contributed by atoms with van der Waals surface area (Å²) in [5.41, 5.74) is -22.1. The van der Waals surface area contributed by atoms with Gasteiger partial charge in [-0.25, -0.2) is 47.6 Å². The maximum Gasteiger partial charge on any atom is 0.481 e. The van der Waals surface area contributed by atoms with E-state index in [1.165, 1.54) is 157 Å². The molecule has 0 saturated heterocycles. The molecule has 0 saturated carbocycles. The first-order valence-electron chi connectivity index (χ1n) is 42.7. The summed E-state index contributed by atoms with van der Waals surface area (Å²) in [7, 11) is 6.63. The molecule has 0 radical (unpaired) electrons. The van der Waals surface area contributed by atoms with Gasteiger partial charge >= 0.3 is 7.82 Å². The van der Waals surface area contributed by atoms with E-state index in [9.17, 15) is 0 Å². The summed E-state index contributed by atoms with van der Waals surface area (Å²) in [6, 6.07) is 18.4. The second-order valence-corrected chi connectivity index (χ2v) is 41.1. The number of pyridine rings is 3. The van der Waals surface area contributed by atoms with E-state index in [0.29, 0.717) is 34.3 Å². The minimum absolute atomic E-state index is 0.0500. The summed E-state index contributed by atoms with van der Waals surface area (Å²) in [6.45, 7) is 40.2. The van der Waals surface area contributed by atoms with Crippen molar-refractivity contribution in [3.05, 3.63) is 109 Å². The van der Waals surface area contributed by atoms with E-state index in [1.807, 2.05) is 0 Å². The number of benzene rings is 3. The summed E-state index contributed by atoms with van der Waals surface area (Å²) in [5.74, 6) is -5.82. The standard InChI is InChI=1S/C93H120F3N18O19P/c1-82(2,3)91(83(4,5)6,112-73-55(128-88(19,20)76(112)115)34-37-64(106-73)103-70-52(94)46-97-79(109-70)100-49-40-58(119-25)67(125-31)59(41-49)120-26)131-134(118,132-92(84(7,8)9,85(10,11)12)113-74-56(129-89(21,22)77(113)116)35-38-65(107-74)104-71-53(95)47-98-80(110-71)101-50-42-60(121-27)68(126-32)61(43-50)122-28)133-93(86(13,14)15,87(16,17)18)114-75-57(130-90(23,24)78(114)117)36-39-66(108-75)105-72-54(96)48-99-81(111-72)102-51-44-62(123-29)69(127-33)63(45-51)124-30/h34-48H,1-33H3,(H2,97,100,103,106,109)(H2,98,101,104,107,110)(H2,99,102,105,108,111). The number of aromatic nitrogens is 9. The molecule has 722 valence electrons. The van der Waals surface area contributed by atoms with Gasteiger partial charge in [0.15, 0.2) is 138 Å². The van der Waals surface area contributed by atoms with Crippen LogP contribution in [0.1, 0.15) is 166 Å². The second kappa shape index (κ2) is 35.8. The van der Waals surface area contributed by atoms with Gasteiger partial charge in [-0.15, -0.1) is 0 Å². The van der Waals surface area contributed by atoms with E-state index in [0.717, 1.165) is 18.6 Å². The number of halogens is 3. The summed E-state index contributed by atoms with van der Waals surface area (Å²) < 4.78 is 165. The molecule has 9 heterocycles. The maximum atomic E-state index is 19.9. The monoisotopic (exact) mass is 1880 g/mol.